The third-order valence-corrected chi connectivity index (χ3v) is 5.03. The Bertz CT molecular complexity index is 904. The molecule has 0 saturated carbocycles. The van der Waals surface area contributed by atoms with Gasteiger partial charge >= 0.3 is 5.97 Å². The number of nitrogens with two attached hydrogens (primary N) is 1. The lowest BCUT2D eigenvalue weighted by atomic mass is 9.80. The van der Waals surface area contributed by atoms with E-state index in [0.29, 0.717) is 0 Å². The lowest BCUT2D eigenvalue weighted by Crippen LogP contribution is -2.40. The minimum Gasteiger partial charge on any atom is -0.469 e. The zero-order chi connectivity index (χ0) is 17.9. The van der Waals surface area contributed by atoms with E-state index in [4.69, 9.17) is 5.73 Å². The molecular weight excluding hydrogens is 334 g/mol. The predicted octanol–water partition coefficient (Wildman–Crippen LogP) is 3.63. The molecule has 4 nitrogen and oxygen atoms in total. The fourth-order valence-electron chi connectivity index (χ4n) is 2.96. The van der Waals surface area contributed by atoms with Crippen LogP contribution in [-0.2, 0) is 19.9 Å². The van der Waals surface area contributed by atoms with Gasteiger partial charge in [-0.25, -0.2) is 0 Å². The summed E-state index contributed by atoms with van der Waals surface area (Å²) in [6.07, 6.45) is -0.232. The molecule has 1 atom stereocenters. The molecule has 1 unspecified atom stereocenters. The standard InChI is InChI=1S/C20H19NO3S/c1-24-19(23)11-18(22)12-20(21,17-8-9-25-13-17)16-7-6-14-4-2-3-5-15(14)10-16/h2-10,13H,11-12,21H2,1H3. The van der Waals surface area contributed by atoms with Crippen LogP contribution in [0.15, 0.2) is 59.3 Å². The summed E-state index contributed by atoms with van der Waals surface area (Å²) in [4.78, 5) is 23.8. The quantitative estimate of drug-likeness (QED) is 0.543. The summed E-state index contributed by atoms with van der Waals surface area (Å²) in [5, 5.41) is 6.05. The number of hydrogen-bond donors (Lipinski definition) is 1. The number of ketones is 1. The molecule has 2 aromatic carbocycles. The van der Waals surface area contributed by atoms with Gasteiger partial charge in [-0.3, -0.25) is 9.59 Å². The highest BCUT2D eigenvalue weighted by Crippen LogP contribution is 2.34. The molecule has 0 radical (unpaired) electrons. The number of esters is 1. The topological polar surface area (TPSA) is 69.4 Å². The van der Waals surface area contributed by atoms with Crippen LogP contribution in [0.1, 0.15) is 24.0 Å². The van der Waals surface area contributed by atoms with Crippen LogP contribution < -0.4 is 5.73 Å². The first-order valence-corrected chi connectivity index (χ1v) is 8.86. The highest BCUT2D eigenvalue weighted by Gasteiger charge is 2.33. The van der Waals surface area contributed by atoms with Gasteiger partial charge in [0.2, 0.25) is 0 Å². The molecule has 5 heteroatoms. The normalized spacial score (nSPS) is 13.4. The van der Waals surface area contributed by atoms with Gasteiger partial charge in [-0.15, -0.1) is 0 Å². The van der Waals surface area contributed by atoms with Crippen molar-refractivity contribution >= 4 is 33.9 Å². The van der Waals surface area contributed by atoms with E-state index in [9.17, 15) is 9.59 Å². The van der Waals surface area contributed by atoms with Crippen molar-refractivity contribution < 1.29 is 14.3 Å². The molecule has 0 fully saturated rings. The molecule has 0 bridgehead atoms. The van der Waals surface area contributed by atoms with Gasteiger partial charge in [-0.05, 0) is 44.8 Å². The van der Waals surface area contributed by atoms with Crippen molar-refractivity contribution in [2.75, 3.05) is 7.11 Å². The summed E-state index contributed by atoms with van der Waals surface area (Å²) >= 11 is 1.53. The third kappa shape index (κ3) is 3.62. The van der Waals surface area contributed by atoms with Crippen LogP contribution in [0.5, 0.6) is 0 Å². The Balaban J connectivity index is 2.01. The first-order valence-electron chi connectivity index (χ1n) is 7.92. The maximum Gasteiger partial charge on any atom is 0.313 e. The number of thiophene rings is 1. The first-order chi connectivity index (χ1) is 12.0. The van der Waals surface area contributed by atoms with Gasteiger partial charge in [0.15, 0.2) is 0 Å². The number of rotatable bonds is 6. The molecule has 1 aromatic heterocycles. The van der Waals surface area contributed by atoms with Gasteiger partial charge in [0, 0.05) is 6.42 Å². The molecule has 128 valence electrons. The van der Waals surface area contributed by atoms with Crippen LogP contribution in [0.2, 0.25) is 0 Å². The second-order valence-electron chi connectivity index (χ2n) is 6.01. The molecule has 0 aliphatic heterocycles. The van der Waals surface area contributed by atoms with Crippen LogP contribution in [0, 0.1) is 0 Å². The molecule has 1 heterocycles. The number of carbonyl (C=O) groups excluding carboxylic acids is 2. The Labute approximate surface area is 150 Å². The van der Waals surface area contributed by atoms with Crippen molar-refractivity contribution in [2.24, 2.45) is 5.73 Å². The van der Waals surface area contributed by atoms with E-state index in [1.165, 1.54) is 18.4 Å². The van der Waals surface area contributed by atoms with Gasteiger partial charge in [-0.1, -0.05) is 36.4 Å². The Morgan fingerprint density at radius 3 is 2.52 bits per heavy atom. The molecule has 0 saturated heterocycles. The first kappa shape index (κ1) is 17.3. The number of methoxy groups -OCH3 is 1. The lowest BCUT2D eigenvalue weighted by molar-refractivity contribution is -0.143. The third-order valence-electron chi connectivity index (χ3n) is 4.35. The minimum absolute atomic E-state index is 0.0389. The molecule has 0 spiro atoms. The van der Waals surface area contributed by atoms with Crippen molar-refractivity contribution in [1.82, 2.24) is 0 Å². The second kappa shape index (κ2) is 7.17. The average molecular weight is 353 g/mol. The van der Waals surface area contributed by atoms with Crippen molar-refractivity contribution in [3.8, 4) is 0 Å². The molecule has 3 rings (SSSR count). The van der Waals surface area contributed by atoms with Crippen molar-refractivity contribution in [1.29, 1.82) is 0 Å². The monoisotopic (exact) mass is 353 g/mol. The van der Waals surface area contributed by atoms with Gasteiger partial charge in [0.25, 0.3) is 0 Å². The van der Waals surface area contributed by atoms with Gasteiger partial charge < -0.3 is 10.5 Å². The van der Waals surface area contributed by atoms with Crippen LogP contribution in [0.25, 0.3) is 10.8 Å². The Morgan fingerprint density at radius 1 is 1.08 bits per heavy atom. The van der Waals surface area contributed by atoms with Crippen LogP contribution in [-0.4, -0.2) is 18.9 Å². The van der Waals surface area contributed by atoms with Crippen LogP contribution in [0.3, 0.4) is 0 Å². The van der Waals surface area contributed by atoms with E-state index in [0.717, 1.165) is 21.9 Å². The number of carbonyl (C=O) groups is 2. The highest BCUT2D eigenvalue weighted by molar-refractivity contribution is 7.08. The van der Waals surface area contributed by atoms with Crippen molar-refractivity contribution in [3.05, 3.63) is 70.4 Å². The molecule has 25 heavy (non-hydrogen) atoms. The summed E-state index contributed by atoms with van der Waals surface area (Å²) in [5.41, 5.74) is 7.47. The summed E-state index contributed by atoms with van der Waals surface area (Å²) in [6.45, 7) is 0. The summed E-state index contributed by atoms with van der Waals surface area (Å²) < 4.78 is 4.59. The van der Waals surface area contributed by atoms with Gasteiger partial charge in [-0.2, -0.15) is 11.3 Å². The summed E-state index contributed by atoms with van der Waals surface area (Å²) in [5.74, 6) is -0.787. The maximum atomic E-state index is 12.4. The highest BCUT2D eigenvalue weighted by atomic mass is 32.1. The van der Waals surface area contributed by atoms with E-state index in [1.807, 2.05) is 59.3 Å². The summed E-state index contributed by atoms with van der Waals surface area (Å²) in [6, 6.07) is 15.9. The van der Waals surface area contributed by atoms with Crippen LogP contribution in [0.4, 0.5) is 0 Å². The number of benzene rings is 2. The fourth-order valence-corrected chi connectivity index (χ4v) is 3.70. The molecule has 0 amide bonds. The minimum atomic E-state index is -0.977. The summed E-state index contributed by atoms with van der Waals surface area (Å²) in [7, 11) is 1.27. The van der Waals surface area contributed by atoms with Gasteiger partial charge in [0.05, 0.1) is 12.6 Å². The largest absolute Gasteiger partial charge is 0.469 e. The zero-order valence-electron chi connectivity index (χ0n) is 13.9. The smallest absolute Gasteiger partial charge is 0.313 e. The molecule has 0 aliphatic carbocycles. The van der Waals surface area contributed by atoms with Crippen LogP contribution >= 0.6 is 11.3 Å². The number of Topliss-reactive ketones (excluding diaryl/α,β-unsaturated/α-hetero) is 1. The van der Waals surface area contributed by atoms with Crippen molar-refractivity contribution in [3.63, 3.8) is 0 Å². The number of ether oxygens (including phenoxy) is 1. The molecule has 0 aliphatic rings. The van der Waals surface area contributed by atoms with E-state index < -0.39 is 11.5 Å². The molecule has 3 aromatic rings. The zero-order valence-corrected chi connectivity index (χ0v) is 14.7. The van der Waals surface area contributed by atoms with E-state index in [1.54, 1.807) is 0 Å². The van der Waals surface area contributed by atoms with Gasteiger partial charge in [0.1, 0.15) is 12.2 Å². The maximum absolute atomic E-state index is 12.4. The Kier molecular flexibility index (Phi) is 4.97. The van der Waals surface area contributed by atoms with E-state index in [2.05, 4.69) is 4.74 Å². The lowest BCUT2D eigenvalue weighted by Gasteiger charge is -2.29. The molecular formula is C20H19NO3S. The number of hydrogen-bond acceptors (Lipinski definition) is 5. The predicted molar refractivity (Wildman–Crippen MR) is 99.5 cm³/mol. The van der Waals surface area contributed by atoms with E-state index in [-0.39, 0.29) is 18.6 Å². The van der Waals surface area contributed by atoms with E-state index >= 15 is 0 Å². The molecule has 2 N–H and O–H groups in total. The number of fused-ring (bicyclic) bond motifs is 1. The SMILES string of the molecule is COC(=O)CC(=O)CC(N)(c1ccsc1)c1ccc2ccccc2c1. The van der Waals surface area contributed by atoms with Crippen molar-refractivity contribution in [2.45, 2.75) is 18.4 Å². The second-order valence-corrected chi connectivity index (χ2v) is 6.79. The Morgan fingerprint density at radius 2 is 1.84 bits per heavy atom. The Hall–Kier alpha value is -2.50. The fraction of sp³-hybridized carbons (Fsp3) is 0.200. The average Bonchev–Trinajstić information content (AvgIpc) is 3.16.